The fraction of sp³-hybridized carbons (Fsp3) is 0.333. The van der Waals surface area contributed by atoms with Gasteiger partial charge in [-0.25, -0.2) is 4.98 Å². The number of carbonyl (C=O) groups is 1. The number of fused-ring (bicyclic) bond motifs is 1. The van der Waals surface area contributed by atoms with Gasteiger partial charge in [0.2, 0.25) is 5.88 Å². The summed E-state index contributed by atoms with van der Waals surface area (Å²) in [6, 6.07) is 9.60. The van der Waals surface area contributed by atoms with Crippen molar-refractivity contribution in [3.8, 4) is 5.88 Å². The molecule has 0 saturated carbocycles. The third-order valence-electron chi connectivity index (χ3n) is 4.02. The van der Waals surface area contributed by atoms with Gasteiger partial charge < -0.3 is 15.8 Å². The molecule has 2 aromatic rings. The van der Waals surface area contributed by atoms with Crippen molar-refractivity contribution >= 4 is 24.0 Å². The number of nitrogens with one attached hydrogen (secondary N) is 1. The lowest BCUT2D eigenvalue weighted by atomic mass is 9.87. The molecule has 24 heavy (non-hydrogen) atoms. The number of benzene rings is 1. The van der Waals surface area contributed by atoms with Gasteiger partial charge in [-0.15, -0.1) is 12.4 Å². The van der Waals surface area contributed by atoms with Gasteiger partial charge in [0.05, 0.1) is 18.5 Å². The van der Waals surface area contributed by atoms with Crippen LogP contribution in [-0.4, -0.2) is 23.5 Å². The molecule has 3 rings (SSSR count). The molecule has 0 fully saturated rings. The number of nitrogens with zero attached hydrogens (tertiary/aromatic N) is 1. The van der Waals surface area contributed by atoms with E-state index in [0.29, 0.717) is 23.7 Å². The molecule has 128 valence electrons. The summed E-state index contributed by atoms with van der Waals surface area (Å²) in [5.41, 5.74) is 9.78. The van der Waals surface area contributed by atoms with E-state index in [-0.39, 0.29) is 24.4 Å². The van der Waals surface area contributed by atoms with E-state index >= 15 is 0 Å². The fourth-order valence-electron chi connectivity index (χ4n) is 2.82. The maximum Gasteiger partial charge on any atom is 0.255 e. The number of nitrogens with two attached hydrogens (primary N) is 1. The molecule has 1 aliphatic carbocycles. The van der Waals surface area contributed by atoms with Crippen LogP contribution in [0.15, 0.2) is 36.5 Å². The van der Waals surface area contributed by atoms with Gasteiger partial charge in [-0.2, -0.15) is 0 Å². The van der Waals surface area contributed by atoms with Crippen molar-refractivity contribution < 1.29 is 9.53 Å². The van der Waals surface area contributed by atoms with Crippen LogP contribution in [0.5, 0.6) is 5.88 Å². The predicted octanol–water partition coefficient (Wildman–Crippen LogP) is 2.97. The second-order valence-electron chi connectivity index (χ2n) is 5.76. The first-order valence-corrected chi connectivity index (χ1v) is 7.93. The Labute approximate surface area is 148 Å². The Bertz CT molecular complexity index is 704. The standard InChI is InChI=1S/C18H21N3O2.ClH/c1-2-23-17-8-7-16(11-20-17)21-18(22)14-4-3-13-10-15(19)6-5-12(13)9-14;/h3-4,7-9,11,15H,2,5-6,10,19H2,1H3,(H,21,22);1H. The molecule has 1 heterocycles. The lowest BCUT2D eigenvalue weighted by Crippen LogP contribution is -2.28. The van der Waals surface area contributed by atoms with Crippen molar-refractivity contribution in [2.75, 3.05) is 11.9 Å². The fourth-order valence-corrected chi connectivity index (χ4v) is 2.82. The number of carbonyl (C=O) groups excluding carboxylic acids is 1. The first kappa shape index (κ1) is 18.2. The molecule has 1 unspecified atom stereocenters. The minimum absolute atomic E-state index is 0. The molecule has 0 saturated heterocycles. The van der Waals surface area contributed by atoms with E-state index in [1.807, 2.05) is 25.1 Å². The van der Waals surface area contributed by atoms with Gasteiger partial charge in [0.1, 0.15) is 0 Å². The molecular formula is C18H22ClN3O2. The molecule has 1 aliphatic rings. The maximum absolute atomic E-state index is 12.4. The summed E-state index contributed by atoms with van der Waals surface area (Å²) in [5.74, 6) is 0.421. The van der Waals surface area contributed by atoms with Crippen LogP contribution in [0.3, 0.4) is 0 Å². The van der Waals surface area contributed by atoms with E-state index in [0.717, 1.165) is 19.3 Å². The van der Waals surface area contributed by atoms with Crippen molar-refractivity contribution in [1.82, 2.24) is 4.98 Å². The third kappa shape index (κ3) is 4.24. The van der Waals surface area contributed by atoms with Crippen LogP contribution in [0.4, 0.5) is 5.69 Å². The highest BCUT2D eigenvalue weighted by Crippen LogP contribution is 2.22. The average Bonchev–Trinajstić information content (AvgIpc) is 2.56. The van der Waals surface area contributed by atoms with Crippen molar-refractivity contribution in [2.24, 2.45) is 5.73 Å². The number of aromatic nitrogens is 1. The Hall–Kier alpha value is -2.11. The monoisotopic (exact) mass is 347 g/mol. The molecule has 1 amide bonds. The van der Waals surface area contributed by atoms with Crippen LogP contribution in [0.1, 0.15) is 34.8 Å². The summed E-state index contributed by atoms with van der Waals surface area (Å²) in [4.78, 5) is 16.5. The molecule has 0 spiro atoms. The number of rotatable bonds is 4. The van der Waals surface area contributed by atoms with Crippen LogP contribution in [-0.2, 0) is 12.8 Å². The molecule has 3 N–H and O–H groups in total. The molecule has 0 bridgehead atoms. The number of amides is 1. The van der Waals surface area contributed by atoms with E-state index < -0.39 is 0 Å². The van der Waals surface area contributed by atoms with E-state index in [2.05, 4.69) is 10.3 Å². The number of aryl methyl sites for hydroxylation is 1. The zero-order valence-electron chi connectivity index (χ0n) is 13.6. The average molecular weight is 348 g/mol. The molecule has 6 heteroatoms. The van der Waals surface area contributed by atoms with Crippen LogP contribution < -0.4 is 15.8 Å². The molecule has 1 aromatic carbocycles. The number of anilines is 1. The first-order valence-electron chi connectivity index (χ1n) is 7.93. The SMILES string of the molecule is CCOc1ccc(NC(=O)c2ccc3c(c2)CCC(N)C3)cn1.Cl. The van der Waals surface area contributed by atoms with Gasteiger partial charge in [-0.3, -0.25) is 4.79 Å². The Kier molecular flexibility index (Phi) is 6.17. The van der Waals surface area contributed by atoms with Gasteiger partial charge in [0, 0.05) is 17.7 Å². The highest BCUT2D eigenvalue weighted by molar-refractivity contribution is 6.04. The number of ether oxygens (including phenoxy) is 1. The molecule has 5 nitrogen and oxygen atoms in total. The first-order chi connectivity index (χ1) is 11.2. The summed E-state index contributed by atoms with van der Waals surface area (Å²) in [7, 11) is 0. The largest absolute Gasteiger partial charge is 0.478 e. The van der Waals surface area contributed by atoms with Gasteiger partial charge in [0.25, 0.3) is 5.91 Å². The van der Waals surface area contributed by atoms with E-state index in [4.69, 9.17) is 10.5 Å². The molecule has 0 radical (unpaired) electrons. The number of hydrogen-bond acceptors (Lipinski definition) is 4. The van der Waals surface area contributed by atoms with Crippen molar-refractivity contribution in [3.63, 3.8) is 0 Å². The smallest absolute Gasteiger partial charge is 0.255 e. The second-order valence-corrected chi connectivity index (χ2v) is 5.76. The predicted molar refractivity (Wildman–Crippen MR) is 97.0 cm³/mol. The molecule has 1 aromatic heterocycles. The number of hydrogen-bond donors (Lipinski definition) is 2. The zero-order valence-corrected chi connectivity index (χ0v) is 14.4. The lowest BCUT2D eigenvalue weighted by molar-refractivity contribution is 0.102. The maximum atomic E-state index is 12.4. The minimum atomic E-state index is -0.131. The van der Waals surface area contributed by atoms with Crippen LogP contribution >= 0.6 is 12.4 Å². The molecular weight excluding hydrogens is 326 g/mol. The zero-order chi connectivity index (χ0) is 16.2. The summed E-state index contributed by atoms with van der Waals surface area (Å²) >= 11 is 0. The number of halogens is 1. The van der Waals surface area contributed by atoms with E-state index in [9.17, 15) is 4.79 Å². The quantitative estimate of drug-likeness (QED) is 0.891. The Balaban J connectivity index is 0.00000208. The molecule has 0 aliphatic heterocycles. The summed E-state index contributed by atoms with van der Waals surface area (Å²) in [5, 5.41) is 2.86. The van der Waals surface area contributed by atoms with Crippen LogP contribution in [0, 0.1) is 0 Å². The van der Waals surface area contributed by atoms with Crippen molar-refractivity contribution in [2.45, 2.75) is 32.2 Å². The Morgan fingerprint density at radius 1 is 1.33 bits per heavy atom. The van der Waals surface area contributed by atoms with E-state index in [1.165, 1.54) is 11.1 Å². The van der Waals surface area contributed by atoms with Crippen LogP contribution in [0.25, 0.3) is 0 Å². The van der Waals surface area contributed by atoms with E-state index in [1.54, 1.807) is 18.3 Å². The minimum Gasteiger partial charge on any atom is -0.478 e. The lowest BCUT2D eigenvalue weighted by Gasteiger charge is -2.21. The van der Waals surface area contributed by atoms with Crippen molar-refractivity contribution in [1.29, 1.82) is 0 Å². The van der Waals surface area contributed by atoms with Crippen LogP contribution in [0.2, 0.25) is 0 Å². The topological polar surface area (TPSA) is 77.2 Å². The van der Waals surface area contributed by atoms with Gasteiger partial charge in [-0.05, 0) is 55.5 Å². The summed E-state index contributed by atoms with van der Waals surface area (Å²) in [6.07, 6.45) is 4.39. The Morgan fingerprint density at radius 3 is 2.88 bits per heavy atom. The third-order valence-corrected chi connectivity index (χ3v) is 4.02. The summed E-state index contributed by atoms with van der Waals surface area (Å²) < 4.78 is 5.29. The second kappa shape index (κ2) is 8.13. The van der Waals surface area contributed by atoms with Gasteiger partial charge in [0.15, 0.2) is 0 Å². The Morgan fingerprint density at radius 2 is 2.17 bits per heavy atom. The highest BCUT2D eigenvalue weighted by atomic mass is 35.5. The number of pyridine rings is 1. The normalized spacial score (nSPS) is 15.8. The van der Waals surface area contributed by atoms with Crippen molar-refractivity contribution in [3.05, 3.63) is 53.2 Å². The van der Waals surface area contributed by atoms with Gasteiger partial charge in [-0.1, -0.05) is 6.07 Å². The summed E-state index contributed by atoms with van der Waals surface area (Å²) in [6.45, 7) is 2.47. The molecule has 1 atom stereocenters. The van der Waals surface area contributed by atoms with Gasteiger partial charge >= 0.3 is 0 Å². The highest BCUT2D eigenvalue weighted by Gasteiger charge is 2.17.